The molecule has 1 atom stereocenters. The van der Waals surface area contributed by atoms with Gasteiger partial charge in [0, 0.05) is 6.20 Å². The lowest BCUT2D eigenvalue weighted by Crippen LogP contribution is -2.14. The van der Waals surface area contributed by atoms with Gasteiger partial charge in [0.15, 0.2) is 11.7 Å². The van der Waals surface area contributed by atoms with E-state index in [1.165, 1.54) is 7.11 Å². The molecule has 2 rings (SSSR count). The summed E-state index contributed by atoms with van der Waals surface area (Å²) in [6.45, 7) is 1.89. The van der Waals surface area contributed by atoms with Gasteiger partial charge in [-0.1, -0.05) is 17.7 Å². The van der Waals surface area contributed by atoms with Gasteiger partial charge < -0.3 is 4.74 Å². The van der Waals surface area contributed by atoms with E-state index in [9.17, 15) is 10.1 Å². The van der Waals surface area contributed by atoms with Gasteiger partial charge in [-0.3, -0.25) is 9.78 Å². The average Bonchev–Trinajstić information content (AvgIpc) is 2.49. The first-order valence-electron chi connectivity index (χ1n) is 6.16. The van der Waals surface area contributed by atoms with Crippen molar-refractivity contribution in [2.24, 2.45) is 0 Å². The highest BCUT2D eigenvalue weighted by Gasteiger charge is 2.25. The van der Waals surface area contributed by atoms with Crippen LogP contribution in [-0.4, -0.2) is 17.9 Å². The number of hydrogen-bond donors (Lipinski definition) is 0. The van der Waals surface area contributed by atoms with Crippen molar-refractivity contribution in [2.75, 3.05) is 7.11 Å². The highest BCUT2D eigenvalue weighted by atomic mass is 16.5. The third kappa shape index (κ3) is 2.67. The number of carbonyl (C=O) groups excluding carboxylic acids is 1. The standard InChI is InChI=1S/C16H14N2O2/c1-11-6-7-15(20-2)12(9-11)16(19)13(10-17)14-5-3-4-8-18-14/h3-9,13H,1-2H3/t13-/m0/s1. The fourth-order valence-corrected chi connectivity index (χ4v) is 1.98. The van der Waals surface area contributed by atoms with E-state index in [2.05, 4.69) is 4.98 Å². The number of pyridine rings is 1. The van der Waals surface area contributed by atoms with Crippen LogP contribution in [0.25, 0.3) is 0 Å². The first kappa shape index (κ1) is 13.8. The quantitative estimate of drug-likeness (QED) is 0.798. The van der Waals surface area contributed by atoms with Gasteiger partial charge in [0.25, 0.3) is 0 Å². The SMILES string of the molecule is COc1ccc(C)cc1C(=O)[C@@H](C#N)c1ccccn1. The molecule has 0 aliphatic rings. The lowest BCUT2D eigenvalue weighted by molar-refractivity contribution is 0.0974. The number of ether oxygens (including phenoxy) is 1. The molecular weight excluding hydrogens is 252 g/mol. The molecule has 2 aromatic rings. The summed E-state index contributed by atoms with van der Waals surface area (Å²) in [4.78, 5) is 16.7. The molecule has 0 aliphatic carbocycles. The van der Waals surface area contributed by atoms with Gasteiger partial charge in [-0.2, -0.15) is 5.26 Å². The minimum Gasteiger partial charge on any atom is -0.496 e. The van der Waals surface area contributed by atoms with Crippen LogP contribution in [-0.2, 0) is 0 Å². The molecule has 0 radical (unpaired) electrons. The van der Waals surface area contributed by atoms with E-state index >= 15 is 0 Å². The van der Waals surface area contributed by atoms with Crippen LogP contribution in [0.15, 0.2) is 42.6 Å². The zero-order valence-corrected chi connectivity index (χ0v) is 11.3. The molecule has 100 valence electrons. The van der Waals surface area contributed by atoms with Gasteiger partial charge in [-0.15, -0.1) is 0 Å². The number of rotatable bonds is 4. The molecule has 4 nitrogen and oxygen atoms in total. The first-order valence-corrected chi connectivity index (χ1v) is 6.16. The highest BCUT2D eigenvalue weighted by molar-refractivity contribution is 6.04. The molecule has 0 unspecified atom stereocenters. The summed E-state index contributed by atoms with van der Waals surface area (Å²) < 4.78 is 5.20. The number of aromatic nitrogens is 1. The second-order valence-corrected chi connectivity index (χ2v) is 4.38. The third-order valence-corrected chi connectivity index (χ3v) is 3.00. The Kier molecular flexibility index (Phi) is 4.11. The Bertz CT molecular complexity index is 660. The second kappa shape index (κ2) is 5.98. The van der Waals surface area contributed by atoms with Crippen LogP contribution in [0.5, 0.6) is 5.75 Å². The number of nitrogens with zero attached hydrogens (tertiary/aromatic N) is 2. The highest BCUT2D eigenvalue weighted by Crippen LogP contribution is 2.26. The van der Waals surface area contributed by atoms with Crippen molar-refractivity contribution in [1.29, 1.82) is 5.26 Å². The van der Waals surface area contributed by atoms with Gasteiger partial charge in [-0.25, -0.2) is 0 Å². The van der Waals surface area contributed by atoms with Gasteiger partial charge in [0.05, 0.1) is 24.4 Å². The molecular formula is C16H14N2O2. The van der Waals surface area contributed by atoms with Crippen LogP contribution in [0.2, 0.25) is 0 Å². The van der Waals surface area contributed by atoms with E-state index in [-0.39, 0.29) is 5.78 Å². The molecule has 1 aromatic carbocycles. The van der Waals surface area contributed by atoms with Crippen molar-refractivity contribution in [1.82, 2.24) is 4.98 Å². The van der Waals surface area contributed by atoms with Crippen LogP contribution in [0.3, 0.4) is 0 Å². The largest absolute Gasteiger partial charge is 0.496 e. The number of benzene rings is 1. The summed E-state index contributed by atoms with van der Waals surface area (Å²) in [6, 6.07) is 12.5. The number of hydrogen-bond acceptors (Lipinski definition) is 4. The molecule has 1 heterocycles. The van der Waals surface area contributed by atoms with E-state index in [4.69, 9.17) is 4.74 Å². The van der Waals surface area contributed by atoms with Gasteiger partial charge in [0.1, 0.15) is 5.75 Å². The zero-order valence-electron chi connectivity index (χ0n) is 11.3. The summed E-state index contributed by atoms with van der Waals surface area (Å²) in [5.74, 6) is -0.754. The van der Waals surface area contributed by atoms with Crippen LogP contribution in [0, 0.1) is 18.3 Å². The lowest BCUT2D eigenvalue weighted by atomic mass is 9.94. The summed E-state index contributed by atoms with van der Waals surface area (Å²) >= 11 is 0. The Morgan fingerprint density at radius 2 is 2.15 bits per heavy atom. The third-order valence-electron chi connectivity index (χ3n) is 3.00. The average molecular weight is 266 g/mol. The van der Waals surface area contributed by atoms with Crippen LogP contribution < -0.4 is 4.74 Å². The number of nitriles is 1. The van der Waals surface area contributed by atoms with Crippen molar-refractivity contribution < 1.29 is 9.53 Å². The second-order valence-electron chi connectivity index (χ2n) is 4.38. The van der Waals surface area contributed by atoms with Crippen molar-refractivity contribution in [3.8, 4) is 11.8 Å². The molecule has 0 fully saturated rings. The fourth-order valence-electron chi connectivity index (χ4n) is 1.98. The Hall–Kier alpha value is -2.67. The Balaban J connectivity index is 2.45. The van der Waals surface area contributed by atoms with E-state index < -0.39 is 5.92 Å². The molecule has 20 heavy (non-hydrogen) atoms. The molecule has 0 aliphatic heterocycles. The topological polar surface area (TPSA) is 63.0 Å². The van der Waals surface area contributed by atoms with Crippen molar-refractivity contribution in [2.45, 2.75) is 12.8 Å². The van der Waals surface area contributed by atoms with E-state index in [0.717, 1.165) is 5.56 Å². The Labute approximate surface area is 117 Å². The number of methoxy groups -OCH3 is 1. The molecule has 0 saturated heterocycles. The molecule has 4 heteroatoms. The van der Waals surface area contributed by atoms with Crippen LogP contribution in [0.1, 0.15) is 27.5 Å². The summed E-state index contributed by atoms with van der Waals surface area (Å²) in [5.41, 5.74) is 1.79. The number of ketones is 1. The molecule has 0 bridgehead atoms. The summed E-state index contributed by atoms with van der Waals surface area (Å²) in [5, 5.41) is 9.29. The zero-order chi connectivity index (χ0) is 14.5. The van der Waals surface area contributed by atoms with Crippen LogP contribution in [0.4, 0.5) is 0 Å². The van der Waals surface area contributed by atoms with Crippen molar-refractivity contribution in [3.63, 3.8) is 0 Å². The smallest absolute Gasteiger partial charge is 0.189 e. The normalized spacial score (nSPS) is 11.4. The maximum absolute atomic E-state index is 12.6. The van der Waals surface area contributed by atoms with E-state index in [1.807, 2.05) is 19.1 Å². The number of Topliss-reactive ketones (excluding diaryl/α,β-unsaturated/α-hetero) is 1. The van der Waals surface area contributed by atoms with Crippen molar-refractivity contribution in [3.05, 3.63) is 59.4 Å². The Morgan fingerprint density at radius 3 is 2.75 bits per heavy atom. The molecule has 1 aromatic heterocycles. The minimum atomic E-state index is -0.924. The molecule has 0 spiro atoms. The van der Waals surface area contributed by atoms with E-state index in [0.29, 0.717) is 17.0 Å². The summed E-state index contributed by atoms with van der Waals surface area (Å²) in [6.07, 6.45) is 1.57. The van der Waals surface area contributed by atoms with Crippen molar-refractivity contribution >= 4 is 5.78 Å². The van der Waals surface area contributed by atoms with Crippen LogP contribution >= 0.6 is 0 Å². The number of aryl methyl sites for hydroxylation is 1. The lowest BCUT2D eigenvalue weighted by Gasteiger charge is -2.11. The fraction of sp³-hybridized carbons (Fsp3) is 0.188. The monoisotopic (exact) mass is 266 g/mol. The minimum absolute atomic E-state index is 0.299. The van der Waals surface area contributed by atoms with E-state index in [1.54, 1.807) is 36.5 Å². The maximum atomic E-state index is 12.6. The molecule has 0 amide bonds. The maximum Gasteiger partial charge on any atom is 0.189 e. The van der Waals surface area contributed by atoms with Gasteiger partial charge >= 0.3 is 0 Å². The Morgan fingerprint density at radius 1 is 1.35 bits per heavy atom. The van der Waals surface area contributed by atoms with Gasteiger partial charge in [-0.05, 0) is 31.2 Å². The number of carbonyl (C=O) groups is 1. The predicted octanol–water partition coefficient (Wildman–Crippen LogP) is 2.89. The summed E-state index contributed by atoms with van der Waals surface area (Å²) in [7, 11) is 1.50. The first-order chi connectivity index (χ1) is 9.67. The predicted molar refractivity (Wildman–Crippen MR) is 74.7 cm³/mol. The molecule has 0 saturated carbocycles. The molecule has 0 N–H and O–H groups in total. The van der Waals surface area contributed by atoms with Gasteiger partial charge in [0.2, 0.25) is 0 Å².